The summed E-state index contributed by atoms with van der Waals surface area (Å²) in [6, 6.07) is 0. The van der Waals surface area contributed by atoms with E-state index in [2.05, 4.69) is 24.1 Å². The van der Waals surface area contributed by atoms with Gasteiger partial charge in [0.2, 0.25) is 10.0 Å². The number of aliphatic hydroxyl groups excluding tert-OH is 1. The predicted molar refractivity (Wildman–Crippen MR) is 85.9 cm³/mol. The topological polar surface area (TPSA) is 72.9 Å². The molecule has 126 valence electrons. The minimum Gasteiger partial charge on any atom is -0.394 e. The fraction of sp³-hybridized carbons (Fsp3) is 1.00. The molecule has 0 saturated carbocycles. The molecule has 1 unspecified atom stereocenters. The van der Waals surface area contributed by atoms with Gasteiger partial charge in [-0.15, -0.1) is 0 Å². The molecule has 1 saturated heterocycles. The molecular weight excluding hydrogens is 290 g/mol. The van der Waals surface area contributed by atoms with E-state index in [4.69, 9.17) is 0 Å². The smallest absolute Gasteiger partial charge is 0.211 e. The third-order valence-electron chi connectivity index (χ3n) is 4.46. The van der Waals surface area contributed by atoms with Crippen molar-refractivity contribution < 1.29 is 13.5 Å². The van der Waals surface area contributed by atoms with Crippen LogP contribution in [0.2, 0.25) is 0 Å². The van der Waals surface area contributed by atoms with Gasteiger partial charge in [-0.3, -0.25) is 0 Å². The lowest BCUT2D eigenvalue weighted by Gasteiger charge is -2.35. The Labute approximate surface area is 129 Å². The van der Waals surface area contributed by atoms with Crippen LogP contribution in [0.4, 0.5) is 0 Å². The summed E-state index contributed by atoms with van der Waals surface area (Å²) in [5.74, 6) is 0. The van der Waals surface area contributed by atoms with E-state index in [0.29, 0.717) is 13.1 Å². The summed E-state index contributed by atoms with van der Waals surface area (Å²) >= 11 is 0. The molecule has 0 amide bonds. The number of aliphatic hydroxyl groups is 1. The van der Waals surface area contributed by atoms with Gasteiger partial charge in [0.1, 0.15) is 0 Å². The maximum atomic E-state index is 11.5. The quantitative estimate of drug-likeness (QED) is 0.630. The third-order valence-corrected chi connectivity index (χ3v) is 5.76. The Bertz CT molecular complexity index is 388. The van der Waals surface area contributed by atoms with Crippen LogP contribution in [0.3, 0.4) is 0 Å². The molecule has 0 aromatic heterocycles. The van der Waals surface area contributed by atoms with Crippen LogP contribution in [0.15, 0.2) is 0 Å². The molecule has 0 bridgehead atoms. The van der Waals surface area contributed by atoms with Crippen molar-refractivity contribution in [3.8, 4) is 0 Å². The highest BCUT2D eigenvalue weighted by molar-refractivity contribution is 7.88. The van der Waals surface area contributed by atoms with Crippen molar-refractivity contribution >= 4 is 10.0 Å². The minimum absolute atomic E-state index is 0.163. The van der Waals surface area contributed by atoms with E-state index in [1.165, 1.54) is 6.26 Å². The Morgan fingerprint density at radius 1 is 1.19 bits per heavy atom. The molecule has 0 radical (unpaired) electrons. The number of hydrogen-bond donors (Lipinski definition) is 2. The molecule has 6 nitrogen and oxygen atoms in total. The second kappa shape index (κ2) is 8.43. The van der Waals surface area contributed by atoms with Crippen molar-refractivity contribution in [1.82, 2.24) is 14.5 Å². The molecule has 1 aliphatic heterocycles. The predicted octanol–water partition coefficient (Wildman–Crippen LogP) is 0.0944. The molecule has 0 spiro atoms. The number of rotatable bonds is 9. The van der Waals surface area contributed by atoms with Crippen LogP contribution in [0.1, 0.15) is 33.1 Å². The Balaban J connectivity index is 2.34. The first kappa shape index (κ1) is 18.8. The maximum absolute atomic E-state index is 11.5. The second-order valence-electron chi connectivity index (χ2n) is 5.93. The molecule has 1 atom stereocenters. The van der Waals surface area contributed by atoms with Gasteiger partial charge >= 0.3 is 0 Å². The number of nitrogens with one attached hydrogen (secondary N) is 1. The summed E-state index contributed by atoms with van der Waals surface area (Å²) in [6.07, 6.45) is 4.15. The normalized spacial score (nSPS) is 21.3. The average Bonchev–Trinajstić information content (AvgIpc) is 2.46. The van der Waals surface area contributed by atoms with Gasteiger partial charge in [-0.25, -0.2) is 8.42 Å². The molecule has 7 heteroatoms. The van der Waals surface area contributed by atoms with E-state index in [0.717, 1.165) is 45.4 Å². The standard InChI is InChI=1S/C14H31N3O3S/c1-4-14(13-18,15-5-2)7-6-8-16-9-11-17(12-10-16)21(3,19)20/h15,18H,4-13H2,1-3H3. The number of piperazine rings is 1. The highest BCUT2D eigenvalue weighted by atomic mass is 32.2. The van der Waals surface area contributed by atoms with E-state index in [1.807, 2.05) is 0 Å². The Kier molecular flexibility index (Phi) is 7.56. The first-order valence-corrected chi connectivity index (χ1v) is 9.75. The fourth-order valence-corrected chi connectivity index (χ4v) is 3.76. The summed E-state index contributed by atoms with van der Waals surface area (Å²) in [5.41, 5.74) is -0.163. The number of nitrogens with zero attached hydrogens (tertiary/aromatic N) is 2. The molecule has 0 aromatic carbocycles. The molecule has 1 rings (SSSR count). The molecule has 1 heterocycles. The van der Waals surface area contributed by atoms with Gasteiger partial charge in [-0.05, 0) is 32.4 Å². The van der Waals surface area contributed by atoms with Crippen LogP contribution in [-0.2, 0) is 10.0 Å². The number of likely N-dealkylation sites (N-methyl/N-ethyl adjacent to an activating group) is 1. The van der Waals surface area contributed by atoms with Crippen molar-refractivity contribution in [2.45, 2.75) is 38.6 Å². The Morgan fingerprint density at radius 3 is 2.24 bits per heavy atom. The maximum Gasteiger partial charge on any atom is 0.211 e. The first-order valence-electron chi connectivity index (χ1n) is 7.90. The molecule has 0 aliphatic carbocycles. The summed E-state index contributed by atoms with van der Waals surface area (Å²) in [4.78, 5) is 2.31. The lowest BCUT2D eigenvalue weighted by Crippen LogP contribution is -2.50. The van der Waals surface area contributed by atoms with Crippen molar-refractivity contribution in [2.75, 3.05) is 52.1 Å². The summed E-state index contributed by atoms with van der Waals surface area (Å²) in [6.45, 7) is 8.93. The summed E-state index contributed by atoms with van der Waals surface area (Å²) in [7, 11) is -3.04. The monoisotopic (exact) mass is 321 g/mol. The van der Waals surface area contributed by atoms with Crippen LogP contribution < -0.4 is 5.32 Å². The summed E-state index contributed by atoms with van der Waals surface area (Å²) < 4.78 is 24.5. The number of hydrogen-bond acceptors (Lipinski definition) is 5. The molecule has 21 heavy (non-hydrogen) atoms. The average molecular weight is 321 g/mol. The lowest BCUT2D eigenvalue weighted by molar-refractivity contribution is 0.133. The van der Waals surface area contributed by atoms with Gasteiger partial charge in [0.15, 0.2) is 0 Å². The van der Waals surface area contributed by atoms with Gasteiger partial charge in [0.05, 0.1) is 12.9 Å². The van der Waals surface area contributed by atoms with E-state index >= 15 is 0 Å². The minimum atomic E-state index is -3.04. The van der Waals surface area contributed by atoms with Crippen LogP contribution in [0.25, 0.3) is 0 Å². The molecular formula is C14H31N3O3S. The van der Waals surface area contributed by atoms with E-state index in [9.17, 15) is 13.5 Å². The van der Waals surface area contributed by atoms with Crippen LogP contribution in [0.5, 0.6) is 0 Å². The molecule has 1 aliphatic rings. The van der Waals surface area contributed by atoms with Gasteiger partial charge in [0.25, 0.3) is 0 Å². The second-order valence-corrected chi connectivity index (χ2v) is 7.91. The van der Waals surface area contributed by atoms with Gasteiger partial charge in [0, 0.05) is 31.7 Å². The third kappa shape index (κ3) is 5.83. The van der Waals surface area contributed by atoms with Gasteiger partial charge < -0.3 is 15.3 Å². The van der Waals surface area contributed by atoms with E-state index in [1.54, 1.807) is 4.31 Å². The highest BCUT2D eigenvalue weighted by Gasteiger charge is 2.27. The van der Waals surface area contributed by atoms with Crippen molar-refractivity contribution in [3.63, 3.8) is 0 Å². The Morgan fingerprint density at radius 2 is 1.81 bits per heavy atom. The SMILES string of the molecule is CCNC(CC)(CO)CCCN1CCN(S(C)(=O)=O)CC1. The van der Waals surface area contributed by atoms with Crippen molar-refractivity contribution in [2.24, 2.45) is 0 Å². The van der Waals surface area contributed by atoms with Crippen LogP contribution in [0, 0.1) is 0 Å². The van der Waals surface area contributed by atoms with E-state index < -0.39 is 10.0 Å². The largest absolute Gasteiger partial charge is 0.394 e. The van der Waals surface area contributed by atoms with Crippen LogP contribution in [-0.4, -0.2) is 80.4 Å². The summed E-state index contributed by atoms with van der Waals surface area (Å²) in [5, 5.41) is 13.0. The van der Waals surface area contributed by atoms with Crippen molar-refractivity contribution in [1.29, 1.82) is 0 Å². The molecule has 0 aromatic rings. The first-order chi connectivity index (χ1) is 9.87. The van der Waals surface area contributed by atoms with Crippen molar-refractivity contribution in [3.05, 3.63) is 0 Å². The Hall–Kier alpha value is -0.210. The van der Waals surface area contributed by atoms with E-state index in [-0.39, 0.29) is 12.1 Å². The highest BCUT2D eigenvalue weighted by Crippen LogP contribution is 2.17. The zero-order valence-corrected chi connectivity index (χ0v) is 14.5. The molecule has 1 fully saturated rings. The zero-order chi connectivity index (χ0) is 15.9. The molecule has 2 N–H and O–H groups in total. The van der Waals surface area contributed by atoms with Crippen LogP contribution >= 0.6 is 0 Å². The zero-order valence-electron chi connectivity index (χ0n) is 13.6. The van der Waals surface area contributed by atoms with Gasteiger partial charge in [-0.2, -0.15) is 4.31 Å². The number of sulfonamides is 1. The van der Waals surface area contributed by atoms with Gasteiger partial charge in [-0.1, -0.05) is 13.8 Å². The fourth-order valence-electron chi connectivity index (χ4n) is 2.94. The lowest BCUT2D eigenvalue weighted by atomic mass is 9.91.